The molecule has 2 aliphatic rings. The Labute approximate surface area is 191 Å². The zero-order chi connectivity index (χ0) is 24.3. The van der Waals surface area contributed by atoms with E-state index in [1.807, 2.05) is 0 Å². The van der Waals surface area contributed by atoms with E-state index in [0.717, 1.165) is 0 Å². The lowest BCUT2D eigenvalue weighted by Crippen LogP contribution is -2.50. The molecule has 9 nitrogen and oxygen atoms in total. The number of hydrogen-bond donors (Lipinski definition) is 1. The summed E-state index contributed by atoms with van der Waals surface area (Å²) in [6.45, 7) is 6.70. The van der Waals surface area contributed by atoms with E-state index in [9.17, 15) is 23.2 Å². The zero-order valence-corrected chi connectivity index (χ0v) is 19.3. The monoisotopic (exact) mass is 468 g/mol. The van der Waals surface area contributed by atoms with Crippen LogP contribution in [0.5, 0.6) is 0 Å². The molecule has 0 unspecified atom stereocenters. The molecule has 2 fully saturated rings. The number of likely N-dealkylation sites (tertiary alicyclic amines) is 1. The summed E-state index contributed by atoms with van der Waals surface area (Å²) in [7, 11) is 1.22. The molecular formula is C22H30F2N4O5. The summed E-state index contributed by atoms with van der Waals surface area (Å²) in [5.74, 6) is -2.51. The lowest BCUT2D eigenvalue weighted by molar-refractivity contribution is -0.129. The Bertz CT molecular complexity index is 890. The number of ether oxygens (including phenoxy) is 2. The summed E-state index contributed by atoms with van der Waals surface area (Å²) in [5.41, 5.74) is -0.533. The number of benzene rings is 1. The first-order valence-corrected chi connectivity index (χ1v) is 10.8. The Morgan fingerprint density at radius 3 is 2.24 bits per heavy atom. The third kappa shape index (κ3) is 5.82. The molecule has 0 saturated carbocycles. The highest BCUT2D eigenvalue weighted by Gasteiger charge is 2.35. The van der Waals surface area contributed by atoms with Crippen LogP contribution in [0.15, 0.2) is 12.1 Å². The molecule has 0 aromatic heterocycles. The summed E-state index contributed by atoms with van der Waals surface area (Å²) < 4.78 is 39.8. The minimum Gasteiger partial charge on any atom is -0.453 e. The highest BCUT2D eigenvalue weighted by molar-refractivity contribution is 5.86. The molecule has 2 saturated heterocycles. The van der Waals surface area contributed by atoms with E-state index in [-0.39, 0.29) is 50.0 Å². The third-order valence-corrected chi connectivity index (χ3v) is 5.59. The van der Waals surface area contributed by atoms with Gasteiger partial charge < -0.3 is 29.5 Å². The Morgan fingerprint density at radius 2 is 1.70 bits per heavy atom. The smallest absolute Gasteiger partial charge is 0.410 e. The van der Waals surface area contributed by atoms with E-state index >= 15 is 0 Å². The summed E-state index contributed by atoms with van der Waals surface area (Å²) in [5, 5.41) is 2.43. The van der Waals surface area contributed by atoms with Gasteiger partial charge in [0.15, 0.2) is 0 Å². The van der Waals surface area contributed by atoms with Crippen molar-refractivity contribution in [1.82, 2.24) is 15.1 Å². The van der Waals surface area contributed by atoms with Gasteiger partial charge in [0.25, 0.3) is 0 Å². The van der Waals surface area contributed by atoms with Gasteiger partial charge in [-0.05, 0) is 44.9 Å². The number of nitrogens with zero attached hydrogens (tertiary/aromatic N) is 3. The molecule has 1 aromatic carbocycles. The van der Waals surface area contributed by atoms with Crippen LogP contribution in [0, 0.1) is 11.6 Å². The largest absolute Gasteiger partial charge is 0.453 e. The first-order chi connectivity index (χ1) is 15.5. The van der Waals surface area contributed by atoms with Gasteiger partial charge in [0.05, 0.1) is 19.7 Å². The van der Waals surface area contributed by atoms with Gasteiger partial charge in [-0.1, -0.05) is 0 Å². The van der Waals surface area contributed by atoms with Crippen LogP contribution in [-0.2, 0) is 14.3 Å². The van der Waals surface area contributed by atoms with E-state index in [4.69, 9.17) is 4.74 Å². The van der Waals surface area contributed by atoms with Gasteiger partial charge in [-0.25, -0.2) is 18.4 Å². The molecule has 1 atom stereocenters. The molecule has 2 aliphatic heterocycles. The first kappa shape index (κ1) is 24.5. The minimum atomic E-state index is -0.755. The number of carbonyl (C=O) groups excluding carboxylic acids is 3. The lowest BCUT2D eigenvalue weighted by atomic mass is 9.96. The van der Waals surface area contributed by atoms with Crippen molar-refractivity contribution < 1.29 is 32.6 Å². The Morgan fingerprint density at radius 1 is 1.09 bits per heavy atom. The van der Waals surface area contributed by atoms with Crippen molar-refractivity contribution in [3.8, 4) is 0 Å². The van der Waals surface area contributed by atoms with Crippen molar-refractivity contribution in [2.75, 3.05) is 51.4 Å². The summed E-state index contributed by atoms with van der Waals surface area (Å²) in [4.78, 5) is 40.5. The van der Waals surface area contributed by atoms with Crippen LogP contribution in [0.25, 0.3) is 0 Å². The normalized spacial score (nSPS) is 19.0. The van der Waals surface area contributed by atoms with Crippen molar-refractivity contribution in [1.29, 1.82) is 0 Å². The molecule has 3 amide bonds. The van der Waals surface area contributed by atoms with Crippen LogP contribution in [0.1, 0.15) is 38.7 Å². The molecule has 2 heterocycles. The summed E-state index contributed by atoms with van der Waals surface area (Å²) >= 11 is 0. The topological polar surface area (TPSA) is 91.4 Å². The maximum absolute atomic E-state index is 15.0. The van der Waals surface area contributed by atoms with Crippen LogP contribution in [0.2, 0.25) is 0 Å². The van der Waals surface area contributed by atoms with Crippen molar-refractivity contribution in [3.63, 3.8) is 0 Å². The first-order valence-electron chi connectivity index (χ1n) is 10.8. The predicted molar refractivity (Wildman–Crippen MR) is 116 cm³/mol. The second kappa shape index (κ2) is 9.80. The predicted octanol–water partition coefficient (Wildman–Crippen LogP) is 2.65. The Hall–Kier alpha value is -3.11. The fraction of sp³-hybridized carbons (Fsp3) is 0.591. The van der Waals surface area contributed by atoms with Gasteiger partial charge in [-0.3, -0.25) is 4.79 Å². The second-order valence-corrected chi connectivity index (χ2v) is 9.06. The van der Waals surface area contributed by atoms with E-state index in [2.05, 4.69) is 10.1 Å². The molecule has 33 heavy (non-hydrogen) atoms. The molecule has 1 aromatic rings. The maximum Gasteiger partial charge on any atom is 0.410 e. The van der Waals surface area contributed by atoms with Crippen molar-refractivity contribution in [3.05, 3.63) is 29.3 Å². The minimum absolute atomic E-state index is 0.0347. The lowest BCUT2D eigenvalue weighted by Gasteiger charge is -2.37. The molecule has 182 valence electrons. The van der Waals surface area contributed by atoms with Crippen LogP contribution in [0.4, 0.5) is 24.1 Å². The van der Waals surface area contributed by atoms with Gasteiger partial charge >= 0.3 is 12.2 Å². The average Bonchev–Trinajstić information content (AvgIpc) is 3.11. The standard InChI is InChI=1S/C22H30F2N4O5/c1-22(2,3)33-21(31)27-9-7-26(8-10-27)18-16(23)11-14(12-17(18)24)15-5-6-28(19(15)29)13-25-20(30)32-4/h11-12,15H,5-10,13H2,1-4H3,(H,25,30)/t15-/m0/s1. The van der Waals surface area contributed by atoms with E-state index in [1.165, 1.54) is 29.0 Å². The van der Waals surface area contributed by atoms with E-state index in [0.29, 0.717) is 13.0 Å². The van der Waals surface area contributed by atoms with Crippen LogP contribution in [-0.4, -0.2) is 80.0 Å². The number of anilines is 1. The number of rotatable bonds is 4. The molecule has 0 aliphatic carbocycles. The second-order valence-electron chi connectivity index (χ2n) is 9.06. The number of carbonyl (C=O) groups is 3. The number of nitrogens with one attached hydrogen (secondary N) is 1. The number of methoxy groups -OCH3 is 1. The van der Waals surface area contributed by atoms with Gasteiger partial charge in [-0.2, -0.15) is 0 Å². The molecule has 0 radical (unpaired) electrons. The molecular weight excluding hydrogens is 438 g/mol. The van der Waals surface area contributed by atoms with E-state index < -0.39 is 35.3 Å². The van der Waals surface area contributed by atoms with Gasteiger partial charge in [0.2, 0.25) is 5.91 Å². The fourth-order valence-corrected chi connectivity index (χ4v) is 3.96. The fourth-order valence-electron chi connectivity index (χ4n) is 3.96. The molecule has 11 heteroatoms. The van der Waals surface area contributed by atoms with Crippen LogP contribution < -0.4 is 10.2 Å². The highest BCUT2D eigenvalue weighted by atomic mass is 19.1. The van der Waals surface area contributed by atoms with E-state index in [1.54, 1.807) is 25.7 Å². The van der Waals surface area contributed by atoms with Crippen molar-refractivity contribution in [2.45, 2.75) is 38.7 Å². The number of alkyl carbamates (subject to hydrolysis) is 1. The van der Waals surface area contributed by atoms with Gasteiger partial charge in [0, 0.05) is 32.7 Å². The number of piperazine rings is 1. The van der Waals surface area contributed by atoms with Crippen LogP contribution >= 0.6 is 0 Å². The number of halogens is 2. The number of amides is 3. The van der Waals surface area contributed by atoms with Gasteiger partial charge in [0.1, 0.15) is 22.9 Å². The summed E-state index contributed by atoms with van der Waals surface area (Å²) in [6, 6.07) is 2.39. The molecule has 0 spiro atoms. The molecule has 0 bridgehead atoms. The maximum atomic E-state index is 15.0. The Balaban J connectivity index is 1.65. The quantitative estimate of drug-likeness (QED) is 0.731. The molecule has 3 rings (SSSR count). The van der Waals surface area contributed by atoms with Gasteiger partial charge in [-0.15, -0.1) is 0 Å². The zero-order valence-electron chi connectivity index (χ0n) is 19.3. The van der Waals surface area contributed by atoms with Crippen molar-refractivity contribution >= 4 is 23.8 Å². The highest BCUT2D eigenvalue weighted by Crippen LogP contribution is 2.33. The Kier molecular flexibility index (Phi) is 7.28. The summed E-state index contributed by atoms with van der Waals surface area (Å²) in [6.07, 6.45) is -0.738. The average molecular weight is 469 g/mol. The number of hydrogen-bond acceptors (Lipinski definition) is 6. The van der Waals surface area contributed by atoms with Crippen molar-refractivity contribution in [2.24, 2.45) is 0 Å². The molecule has 1 N–H and O–H groups in total. The third-order valence-electron chi connectivity index (χ3n) is 5.59. The SMILES string of the molecule is COC(=O)NCN1CC[C@@H](c2cc(F)c(N3CCN(C(=O)OC(C)(C)C)CC3)c(F)c2)C1=O. The van der Waals surface area contributed by atoms with Crippen LogP contribution in [0.3, 0.4) is 0 Å².